The number of anilines is 1. The van der Waals surface area contributed by atoms with Crippen molar-refractivity contribution in [3.8, 4) is 0 Å². The van der Waals surface area contributed by atoms with Crippen molar-refractivity contribution >= 4 is 33.7 Å². The third kappa shape index (κ3) is 1.36. The van der Waals surface area contributed by atoms with E-state index in [0.717, 1.165) is 4.88 Å². The first-order chi connectivity index (χ1) is 4.20. The summed E-state index contributed by atoms with van der Waals surface area (Å²) in [5.74, 6) is 0. The number of hydrogen-bond donors (Lipinski definition) is 2. The van der Waals surface area contributed by atoms with Gasteiger partial charge in [0.1, 0.15) is 4.99 Å². The first-order valence-corrected chi connectivity index (χ1v) is 3.43. The molecule has 9 heavy (non-hydrogen) atoms. The molecule has 0 atom stereocenters. The highest BCUT2D eigenvalue weighted by atomic mass is 32.1. The van der Waals surface area contributed by atoms with Crippen LogP contribution in [0.5, 0.6) is 0 Å². The van der Waals surface area contributed by atoms with Gasteiger partial charge in [-0.15, -0.1) is 0 Å². The highest BCUT2D eigenvalue weighted by molar-refractivity contribution is 7.81. The quantitative estimate of drug-likeness (QED) is 0.581. The van der Waals surface area contributed by atoms with Crippen LogP contribution in [0.4, 0.5) is 5.13 Å². The molecule has 0 unspecified atom stereocenters. The van der Waals surface area contributed by atoms with Gasteiger partial charge in [0.05, 0.1) is 11.1 Å². The lowest BCUT2D eigenvalue weighted by atomic mass is 10.6. The molecule has 1 aromatic heterocycles. The fraction of sp³-hybridized carbons (Fsp3) is 0. The van der Waals surface area contributed by atoms with Gasteiger partial charge in [0, 0.05) is 0 Å². The zero-order valence-electron chi connectivity index (χ0n) is 4.50. The Morgan fingerprint density at radius 2 is 2.44 bits per heavy atom. The van der Waals surface area contributed by atoms with Crippen molar-refractivity contribution in [2.75, 3.05) is 5.73 Å². The number of thiocarbonyl (C=S) groups is 1. The molecular formula is C4H5N3S2. The average Bonchev–Trinajstić information content (AvgIpc) is 2.14. The van der Waals surface area contributed by atoms with Crippen LogP contribution in [-0.4, -0.2) is 9.97 Å². The topological polar surface area (TPSA) is 64.9 Å². The van der Waals surface area contributed by atoms with E-state index in [1.807, 2.05) is 0 Å². The van der Waals surface area contributed by atoms with E-state index in [1.165, 1.54) is 11.3 Å². The zero-order chi connectivity index (χ0) is 6.85. The summed E-state index contributed by atoms with van der Waals surface area (Å²) in [6.07, 6.45) is 1.57. The van der Waals surface area contributed by atoms with Crippen molar-refractivity contribution in [1.29, 1.82) is 0 Å². The molecular weight excluding hydrogens is 154 g/mol. The van der Waals surface area contributed by atoms with E-state index in [2.05, 4.69) is 17.2 Å². The number of nitrogens with two attached hydrogens (primary N) is 2. The minimum atomic E-state index is 0.351. The van der Waals surface area contributed by atoms with Gasteiger partial charge < -0.3 is 11.5 Å². The molecule has 0 aliphatic carbocycles. The Kier molecular flexibility index (Phi) is 1.63. The Labute approximate surface area is 61.7 Å². The van der Waals surface area contributed by atoms with Crippen molar-refractivity contribution in [3.63, 3.8) is 0 Å². The molecule has 0 saturated carbocycles. The summed E-state index contributed by atoms with van der Waals surface area (Å²) in [6.45, 7) is 0. The molecule has 0 spiro atoms. The molecule has 0 radical (unpaired) electrons. The molecule has 4 N–H and O–H groups in total. The van der Waals surface area contributed by atoms with Crippen molar-refractivity contribution < 1.29 is 0 Å². The van der Waals surface area contributed by atoms with E-state index in [9.17, 15) is 0 Å². The lowest BCUT2D eigenvalue weighted by molar-refractivity contribution is 1.42. The Balaban J connectivity index is 2.98. The van der Waals surface area contributed by atoms with Gasteiger partial charge in [-0.3, -0.25) is 0 Å². The number of hydrogen-bond acceptors (Lipinski definition) is 4. The Hall–Kier alpha value is -0.680. The SMILES string of the molecule is NC(=S)c1cnc(N)s1. The Bertz CT molecular complexity index is 229. The number of thiazole rings is 1. The van der Waals surface area contributed by atoms with Crippen LogP contribution in [0, 0.1) is 0 Å². The maximum Gasteiger partial charge on any atom is 0.180 e. The molecule has 0 aliphatic heterocycles. The summed E-state index contributed by atoms with van der Waals surface area (Å²) in [6, 6.07) is 0. The molecule has 0 bridgehead atoms. The minimum absolute atomic E-state index is 0.351. The second kappa shape index (κ2) is 2.28. The fourth-order valence-corrected chi connectivity index (χ4v) is 1.12. The lowest BCUT2D eigenvalue weighted by Crippen LogP contribution is -2.06. The second-order valence-electron chi connectivity index (χ2n) is 1.43. The molecule has 0 saturated heterocycles. The van der Waals surface area contributed by atoms with Crippen LogP contribution in [0.1, 0.15) is 4.88 Å². The van der Waals surface area contributed by atoms with Gasteiger partial charge in [0.2, 0.25) is 0 Å². The van der Waals surface area contributed by atoms with Crippen LogP contribution in [0.25, 0.3) is 0 Å². The fourth-order valence-electron chi connectivity index (χ4n) is 0.402. The van der Waals surface area contributed by atoms with Gasteiger partial charge >= 0.3 is 0 Å². The second-order valence-corrected chi connectivity index (χ2v) is 2.93. The van der Waals surface area contributed by atoms with Crippen LogP contribution in [0.3, 0.4) is 0 Å². The van der Waals surface area contributed by atoms with Crippen molar-refractivity contribution in [1.82, 2.24) is 4.98 Å². The van der Waals surface area contributed by atoms with Gasteiger partial charge in [-0.2, -0.15) is 0 Å². The third-order valence-corrected chi connectivity index (χ3v) is 1.98. The number of aromatic nitrogens is 1. The first kappa shape index (κ1) is 6.44. The third-order valence-electron chi connectivity index (χ3n) is 0.766. The monoisotopic (exact) mass is 159 g/mol. The van der Waals surface area contributed by atoms with Crippen LogP contribution in [0.15, 0.2) is 6.20 Å². The highest BCUT2D eigenvalue weighted by Crippen LogP contribution is 2.13. The normalized spacial score (nSPS) is 9.33. The number of rotatable bonds is 1. The lowest BCUT2D eigenvalue weighted by Gasteiger charge is -1.83. The zero-order valence-corrected chi connectivity index (χ0v) is 6.13. The summed E-state index contributed by atoms with van der Waals surface area (Å²) < 4.78 is 0. The van der Waals surface area contributed by atoms with Gasteiger partial charge in [0.25, 0.3) is 0 Å². The van der Waals surface area contributed by atoms with Crippen molar-refractivity contribution in [2.45, 2.75) is 0 Å². The van der Waals surface area contributed by atoms with Crippen molar-refractivity contribution in [3.05, 3.63) is 11.1 Å². The van der Waals surface area contributed by atoms with Crippen LogP contribution < -0.4 is 11.5 Å². The predicted molar refractivity (Wildman–Crippen MR) is 42.4 cm³/mol. The molecule has 48 valence electrons. The van der Waals surface area contributed by atoms with E-state index < -0.39 is 0 Å². The highest BCUT2D eigenvalue weighted by Gasteiger charge is 1.98. The van der Waals surface area contributed by atoms with Gasteiger partial charge in [0.15, 0.2) is 5.13 Å². The van der Waals surface area contributed by atoms with E-state index in [-0.39, 0.29) is 0 Å². The molecule has 1 heterocycles. The number of nitrogen functional groups attached to an aromatic ring is 1. The smallest absolute Gasteiger partial charge is 0.180 e. The van der Waals surface area contributed by atoms with Gasteiger partial charge in [-0.1, -0.05) is 23.6 Å². The van der Waals surface area contributed by atoms with E-state index in [1.54, 1.807) is 6.20 Å². The van der Waals surface area contributed by atoms with E-state index in [4.69, 9.17) is 11.5 Å². The minimum Gasteiger partial charge on any atom is -0.389 e. The van der Waals surface area contributed by atoms with E-state index in [0.29, 0.717) is 10.1 Å². The van der Waals surface area contributed by atoms with E-state index >= 15 is 0 Å². The maximum atomic E-state index is 5.31. The van der Waals surface area contributed by atoms with Crippen molar-refractivity contribution in [2.24, 2.45) is 5.73 Å². The predicted octanol–water partition coefficient (Wildman–Crippen LogP) is 0.360. The summed E-state index contributed by atoms with van der Waals surface area (Å²) in [5.41, 5.74) is 10.6. The molecule has 0 aromatic carbocycles. The summed E-state index contributed by atoms with van der Waals surface area (Å²) in [4.78, 5) is 4.88. The van der Waals surface area contributed by atoms with Crippen LogP contribution in [0.2, 0.25) is 0 Å². The largest absolute Gasteiger partial charge is 0.389 e. The standard InChI is InChI=1S/C4H5N3S2/c5-3(8)2-1-7-4(6)9-2/h1H,(H2,5,8)(H2,6,7). The molecule has 5 heteroatoms. The molecule has 1 rings (SSSR count). The number of nitrogens with zero attached hydrogens (tertiary/aromatic N) is 1. The maximum absolute atomic E-state index is 5.31. The molecule has 3 nitrogen and oxygen atoms in total. The molecule has 1 aromatic rings. The summed E-state index contributed by atoms with van der Waals surface area (Å²) in [7, 11) is 0. The Morgan fingerprint density at radius 1 is 1.78 bits per heavy atom. The van der Waals surface area contributed by atoms with Gasteiger partial charge in [-0.25, -0.2) is 4.98 Å². The Morgan fingerprint density at radius 3 is 2.67 bits per heavy atom. The molecule has 0 fully saturated rings. The van der Waals surface area contributed by atoms with Gasteiger partial charge in [-0.05, 0) is 0 Å². The van der Waals surface area contributed by atoms with Crippen LogP contribution in [-0.2, 0) is 0 Å². The molecule has 0 amide bonds. The molecule has 0 aliphatic rings. The van der Waals surface area contributed by atoms with Crippen LogP contribution >= 0.6 is 23.6 Å². The first-order valence-electron chi connectivity index (χ1n) is 2.21. The summed E-state index contributed by atoms with van der Waals surface area (Å²) >= 11 is 5.96. The average molecular weight is 159 g/mol. The summed E-state index contributed by atoms with van der Waals surface area (Å²) in [5, 5.41) is 0.498.